The summed E-state index contributed by atoms with van der Waals surface area (Å²) < 4.78 is 41.7. The Morgan fingerprint density at radius 1 is 1.25 bits per heavy atom. The average Bonchev–Trinajstić information content (AvgIpc) is 3.51. The fourth-order valence-corrected chi connectivity index (χ4v) is 8.96. The van der Waals surface area contributed by atoms with Crippen molar-refractivity contribution in [2.75, 3.05) is 26.8 Å². The number of hydrogen-bond donors (Lipinski definition) is 2. The van der Waals surface area contributed by atoms with Crippen LogP contribution in [0.25, 0.3) is 0 Å². The summed E-state index contributed by atoms with van der Waals surface area (Å²) >= 11 is 0. The van der Waals surface area contributed by atoms with Crippen LogP contribution < -0.4 is 0 Å². The molecule has 0 aromatic heterocycles. The number of alkyl halides is 1. The van der Waals surface area contributed by atoms with Crippen LogP contribution in [-0.4, -0.2) is 71.9 Å². The number of nitrogens with zero attached hydrogens (tertiary/aromatic N) is 1. The first-order valence-electron chi connectivity index (χ1n) is 12.7. The zero-order chi connectivity index (χ0) is 25.6. The minimum absolute atomic E-state index is 0.0167. The molecular weight excluding hydrogens is 473 g/mol. The second-order valence-corrected chi connectivity index (χ2v) is 11.7. The molecule has 9 nitrogen and oxygen atoms in total. The maximum Gasteiger partial charge on any atom is 0.344 e. The molecule has 2 saturated heterocycles. The maximum absolute atomic E-state index is 17.6. The van der Waals surface area contributed by atoms with Crippen molar-refractivity contribution >= 4 is 11.7 Å². The van der Waals surface area contributed by atoms with Crippen LogP contribution in [0.1, 0.15) is 46.5 Å². The Morgan fingerprint density at radius 2 is 2.03 bits per heavy atom. The minimum Gasteiger partial charge on any atom is -0.479 e. The van der Waals surface area contributed by atoms with Crippen LogP contribution >= 0.6 is 0 Å². The van der Waals surface area contributed by atoms with Crippen molar-refractivity contribution in [3.8, 4) is 0 Å². The van der Waals surface area contributed by atoms with E-state index < -0.39 is 52.5 Å². The lowest BCUT2D eigenvalue weighted by atomic mass is 9.44. The molecule has 2 aliphatic heterocycles. The van der Waals surface area contributed by atoms with Gasteiger partial charge in [0, 0.05) is 16.7 Å². The summed E-state index contributed by atoms with van der Waals surface area (Å²) in [7, 11) is 0. The van der Waals surface area contributed by atoms with Crippen LogP contribution in [-0.2, 0) is 28.6 Å². The molecule has 2 spiro atoms. The Hall–Kier alpha value is -1.85. The van der Waals surface area contributed by atoms with Gasteiger partial charge in [0.15, 0.2) is 19.3 Å². The van der Waals surface area contributed by atoms with Crippen LogP contribution in [0.2, 0.25) is 0 Å². The van der Waals surface area contributed by atoms with Gasteiger partial charge in [0.1, 0.15) is 17.9 Å². The van der Waals surface area contributed by atoms with Gasteiger partial charge in [0.2, 0.25) is 12.4 Å². The largest absolute Gasteiger partial charge is 0.479 e. The van der Waals surface area contributed by atoms with Gasteiger partial charge in [-0.15, -0.1) is 0 Å². The molecule has 2 N–H and O–H groups in total. The Balaban J connectivity index is 1.37. The predicted octanol–water partition coefficient (Wildman–Crippen LogP) is 2.94. The van der Waals surface area contributed by atoms with Gasteiger partial charge in [-0.2, -0.15) is 0 Å². The molecule has 0 amide bonds. The molecule has 1 unspecified atom stereocenters. The van der Waals surface area contributed by atoms with Crippen LogP contribution in [0.5, 0.6) is 0 Å². The summed E-state index contributed by atoms with van der Waals surface area (Å²) in [5, 5.41) is 24.4. The van der Waals surface area contributed by atoms with E-state index in [1.165, 1.54) is 0 Å². The van der Waals surface area contributed by atoms with E-state index in [1.807, 2.05) is 6.92 Å². The van der Waals surface area contributed by atoms with Gasteiger partial charge in [-0.3, -0.25) is 0 Å². The van der Waals surface area contributed by atoms with Gasteiger partial charge in [-0.1, -0.05) is 30.7 Å². The summed E-state index contributed by atoms with van der Waals surface area (Å²) in [6.45, 7) is 5.97. The lowest BCUT2D eigenvalue weighted by Gasteiger charge is -2.63. The summed E-state index contributed by atoms with van der Waals surface area (Å²) in [4.78, 5) is 15.6. The number of oxime groups is 1. The highest BCUT2D eigenvalue weighted by atomic mass is 19.1. The van der Waals surface area contributed by atoms with Crippen molar-refractivity contribution in [2.45, 2.75) is 69.6 Å². The molecular formula is C26H34FNO8. The summed E-state index contributed by atoms with van der Waals surface area (Å²) in [5.74, 6) is -2.61. The summed E-state index contributed by atoms with van der Waals surface area (Å²) in [6.07, 6.45) is 6.10. The quantitative estimate of drug-likeness (QED) is 0.561. The van der Waals surface area contributed by atoms with Gasteiger partial charge in [0.25, 0.3) is 0 Å². The SMILES string of the molecule is C[C@H]1C[C@H]2[C@@H]3CCC4=C/C(=N/OCC(=O)O)C=C[C@]4(C)[C@@]3(F)[C@@H](O)C[C@]2(C)[C@]12OCOC21COCO1. The fraction of sp³-hybridized carbons (Fsp3) is 0.769. The normalized spacial score (nSPS) is 52.4. The van der Waals surface area contributed by atoms with Gasteiger partial charge in [0.05, 0.1) is 6.10 Å². The zero-order valence-electron chi connectivity index (χ0n) is 20.9. The first kappa shape index (κ1) is 24.5. The lowest BCUT2D eigenvalue weighted by molar-refractivity contribution is -0.277. The minimum atomic E-state index is -1.89. The molecule has 0 aromatic rings. The van der Waals surface area contributed by atoms with Crippen molar-refractivity contribution in [3.05, 3.63) is 23.8 Å². The molecule has 10 heteroatoms. The Kier molecular flexibility index (Phi) is 5.33. The molecule has 5 fully saturated rings. The summed E-state index contributed by atoms with van der Waals surface area (Å²) in [6, 6.07) is 0. The van der Waals surface area contributed by atoms with Crippen molar-refractivity contribution in [1.82, 2.24) is 0 Å². The highest BCUT2D eigenvalue weighted by Crippen LogP contribution is 2.74. The molecule has 3 saturated carbocycles. The molecule has 0 radical (unpaired) electrons. The van der Waals surface area contributed by atoms with E-state index in [4.69, 9.17) is 28.9 Å². The van der Waals surface area contributed by atoms with Crippen molar-refractivity contribution in [2.24, 2.45) is 33.7 Å². The van der Waals surface area contributed by atoms with E-state index in [0.717, 1.165) is 12.0 Å². The molecule has 0 aromatic carbocycles. The van der Waals surface area contributed by atoms with E-state index in [1.54, 1.807) is 18.2 Å². The predicted molar refractivity (Wildman–Crippen MR) is 123 cm³/mol. The number of carboxylic acids is 1. The number of carboxylic acid groups (broad SMARTS) is 1. The lowest BCUT2D eigenvalue weighted by Crippen LogP contribution is -2.71. The highest BCUT2D eigenvalue weighted by molar-refractivity contribution is 6.05. The standard InChI is InChI=1S/C26H34FNO8/c1-15-8-19-18-5-4-16-9-17(28-36-11-21(30)31)6-7-22(16,2)25(18,27)20(29)10-23(19,3)26(15)24(34-14-35-26)12-32-13-33-24/h6-7,9,15,18-20,29H,4-5,8,10-14H2,1-3H3,(H,30,31)/b28-17+/t15-,18-,19-,20-,22-,23-,24?,25-,26+/m0/s1. The van der Waals surface area contributed by atoms with E-state index in [9.17, 15) is 9.90 Å². The number of aliphatic carboxylic acids is 1. The third kappa shape index (κ3) is 2.77. The van der Waals surface area contributed by atoms with E-state index >= 15 is 4.39 Å². The maximum atomic E-state index is 17.6. The third-order valence-electron chi connectivity index (χ3n) is 10.4. The van der Waals surface area contributed by atoms with Crippen LogP contribution in [0.15, 0.2) is 29.0 Å². The number of hydrogen-bond acceptors (Lipinski definition) is 8. The van der Waals surface area contributed by atoms with E-state index in [0.29, 0.717) is 18.6 Å². The van der Waals surface area contributed by atoms with E-state index in [-0.39, 0.29) is 38.4 Å². The number of carbonyl (C=O) groups is 1. The number of allylic oxidation sites excluding steroid dienone is 4. The molecule has 6 aliphatic rings. The molecule has 4 aliphatic carbocycles. The molecule has 198 valence electrons. The van der Waals surface area contributed by atoms with Crippen molar-refractivity contribution < 1.29 is 43.2 Å². The van der Waals surface area contributed by atoms with Gasteiger partial charge >= 0.3 is 5.97 Å². The zero-order valence-corrected chi connectivity index (χ0v) is 20.9. The number of ether oxygens (including phenoxy) is 4. The molecule has 36 heavy (non-hydrogen) atoms. The molecule has 6 rings (SSSR count). The monoisotopic (exact) mass is 507 g/mol. The Morgan fingerprint density at radius 3 is 2.75 bits per heavy atom. The van der Waals surface area contributed by atoms with Crippen molar-refractivity contribution in [1.29, 1.82) is 0 Å². The second-order valence-electron chi connectivity index (χ2n) is 11.7. The number of aliphatic hydroxyl groups is 1. The highest BCUT2D eigenvalue weighted by Gasteiger charge is 2.81. The number of aliphatic hydroxyl groups excluding tert-OH is 1. The topological polar surface area (TPSA) is 116 Å². The van der Waals surface area contributed by atoms with Gasteiger partial charge < -0.3 is 34.0 Å². The fourth-order valence-electron chi connectivity index (χ4n) is 8.96. The number of rotatable bonds is 3. The van der Waals surface area contributed by atoms with Gasteiger partial charge in [-0.25, -0.2) is 9.18 Å². The summed E-state index contributed by atoms with van der Waals surface area (Å²) in [5.41, 5.74) is -3.08. The number of fused-ring (bicyclic) bond motifs is 7. The smallest absolute Gasteiger partial charge is 0.344 e. The van der Waals surface area contributed by atoms with Crippen LogP contribution in [0, 0.1) is 28.6 Å². The first-order valence-corrected chi connectivity index (χ1v) is 12.7. The Bertz CT molecular complexity index is 1050. The van der Waals surface area contributed by atoms with Crippen LogP contribution in [0.4, 0.5) is 4.39 Å². The van der Waals surface area contributed by atoms with Crippen molar-refractivity contribution in [3.63, 3.8) is 0 Å². The average molecular weight is 508 g/mol. The molecule has 9 atom stereocenters. The number of halogens is 1. The molecule has 2 heterocycles. The van der Waals surface area contributed by atoms with Crippen LogP contribution in [0.3, 0.4) is 0 Å². The Labute approximate surface area is 209 Å². The van der Waals surface area contributed by atoms with E-state index in [2.05, 4.69) is 19.0 Å². The second kappa shape index (κ2) is 7.83. The first-order chi connectivity index (χ1) is 17.0. The third-order valence-corrected chi connectivity index (χ3v) is 10.4. The van der Waals surface area contributed by atoms with Gasteiger partial charge in [-0.05, 0) is 56.6 Å². The molecule has 0 bridgehead atoms.